The Labute approximate surface area is 181 Å². The molecule has 2 fully saturated rings. The van der Waals surface area contributed by atoms with Crippen molar-refractivity contribution < 1.29 is 0 Å². The second-order valence-corrected chi connectivity index (χ2v) is 8.24. The number of hydrogen-bond donors (Lipinski definition) is 3. The molecule has 1 atom stereocenters. The molecule has 3 heterocycles. The fraction of sp³-hybridized carbons (Fsp3) is 0.429. The van der Waals surface area contributed by atoms with Crippen LogP contribution < -0.4 is 16.0 Å². The lowest BCUT2D eigenvalue weighted by Gasteiger charge is -2.24. The van der Waals surface area contributed by atoms with Crippen LogP contribution in [-0.2, 0) is 6.54 Å². The molecule has 3 N–H and O–H groups in total. The average Bonchev–Trinajstić information content (AvgIpc) is 3.46. The van der Waals surface area contributed by atoms with Crippen molar-refractivity contribution in [3.05, 3.63) is 52.7 Å². The molecule has 154 valence electrons. The molecule has 2 aliphatic rings. The van der Waals surface area contributed by atoms with Crippen LogP contribution >= 0.6 is 24.0 Å². The molecule has 6 nitrogen and oxygen atoms in total. The van der Waals surface area contributed by atoms with Crippen molar-refractivity contribution >= 4 is 41.3 Å². The number of hydrogen-bond acceptors (Lipinski definition) is 5. The molecule has 1 aromatic carbocycles. The van der Waals surface area contributed by atoms with Crippen molar-refractivity contribution in [1.29, 1.82) is 0 Å². The number of halogens is 2. The molecule has 8 heteroatoms. The minimum Gasteiger partial charge on any atom is -0.366 e. The van der Waals surface area contributed by atoms with Crippen molar-refractivity contribution in [1.82, 2.24) is 19.9 Å². The predicted octanol–water partition coefficient (Wildman–Crippen LogP) is 4.46. The summed E-state index contributed by atoms with van der Waals surface area (Å²) in [6.45, 7) is 2.77. The number of anilines is 2. The van der Waals surface area contributed by atoms with Gasteiger partial charge < -0.3 is 16.0 Å². The van der Waals surface area contributed by atoms with Crippen LogP contribution in [0.25, 0.3) is 5.65 Å². The fourth-order valence-corrected chi connectivity index (χ4v) is 4.10. The Kier molecular flexibility index (Phi) is 6.13. The van der Waals surface area contributed by atoms with Crippen LogP contribution in [-0.4, -0.2) is 33.7 Å². The van der Waals surface area contributed by atoms with Crippen LogP contribution in [0.2, 0.25) is 5.02 Å². The van der Waals surface area contributed by atoms with Crippen LogP contribution in [0.5, 0.6) is 0 Å². The maximum Gasteiger partial charge on any atom is 0.163 e. The van der Waals surface area contributed by atoms with Crippen LogP contribution in [0.1, 0.15) is 42.7 Å². The second-order valence-electron chi connectivity index (χ2n) is 7.81. The van der Waals surface area contributed by atoms with E-state index in [1.54, 1.807) is 0 Å². The van der Waals surface area contributed by atoms with E-state index in [2.05, 4.69) is 33.2 Å². The van der Waals surface area contributed by atoms with Gasteiger partial charge in [0, 0.05) is 35.8 Å². The number of fused-ring (bicyclic) bond motifs is 1. The van der Waals surface area contributed by atoms with Gasteiger partial charge in [-0.1, -0.05) is 23.7 Å². The van der Waals surface area contributed by atoms with Gasteiger partial charge in [-0.2, -0.15) is 9.61 Å². The lowest BCUT2D eigenvalue weighted by molar-refractivity contribution is 0.479. The Hall–Kier alpha value is -2.02. The Morgan fingerprint density at radius 3 is 2.86 bits per heavy atom. The minimum atomic E-state index is 0. The molecule has 1 aliphatic heterocycles. The maximum atomic E-state index is 6.13. The topological polar surface area (TPSA) is 66.3 Å². The van der Waals surface area contributed by atoms with E-state index in [4.69, 9.17) is 16.6 Å². The summed E-state index contributed by atoms with van der Waals surface area (Å²) in [5.41, 5.74) is 3.36. The normalized spacial score (nSPS) is 19.0. The third-order valence-electron chi connectivity index (χ3n) is 5.53. The van der Waals surface area contributed by atoms with E-state index >= 15 is 0 Å². The van der Waals surface area contributed by atoms with Crippen molar-refractivity contribution in [2.45, 2.75) is 44.2 Å². The first-order chi connectivity index (χ1) is 13.8. The van der Waals surface area contributed by atoms with Gasteiger partial charge in [0.05, 0.1) is 6.20 Å². The number of piperidine rings is 1. The largest absolute Gasteiger partial charge is 0.366 e. The monoisotopic (exact) mass is 432 g/mol. The Balaban J connectivity index is 0.00000205. The first-order valence-corrected chi connectivity index (χ1v) is 10.5. The summed E-state index contributed by atoms with van der Waals surface area (Å²) in [7, 11) is 0. The molecule has 0 amide bonds. The highest BCUT2D eigenvalue weighted by molar-refractivity contribution is 6.30. The number of benzene rings is 1. The number of nitrogens with one attached hydrogen (secondary N) is 3. The summed E-state index contributed by atoms with van der Waals surface area (Å²) < 4.78 is 1.93. The van der Waals surface area contributed by atoms with Crippen molar-refractivity contribution in [2.24, 2.45) is 0 Å². The number of nitrogens with zero attached hydrogens (tertiary/aromatic N) is 3. The quantitative estimate of drug-likeness (QED) is 0.536. The van der Waals surface area contributed by atoms with E-state index in [1.165, 1.54) is 31.2 Å². The lowest BCUT2D eigenvalue weighted by Crippen LogP contribution is -2.38. The Bertz CT molecular complexity index is 978. The van der Waals surface area contributed by atoms with E-state index in [9.17, 15) is 0 Å². The lowest BCUT2D eigenvalue weighted by atomic mass is 10.1. The van der Waals surface area contributed by atoms with Gasteiger partial charge in [-0.3, -0.25) is 0 Å². The molecule has 1 aliphatic carbocycles. The van der Waals surface area contributed by atoms with Gasteiger partial charge in [0.15, 0.2) is 5.65 Å². The zero-order valence-electron chi connectivity index (χ0n) is 16.2. The summed E-state index contributed by atoms with van der Waals surface area (Å²) in [4.78, 5) is 4.92. The standard InChI is InChI=1S/C21H25ClN6.ClH/c22-16-4-1-3-14(9-16)11-24-20-10-19(26-17-5-2-8-23-12-17)27-21-18(15-6-7-15)13-25-28(20)21;/h1,3-4,9-10,13,15,17,23-24H,2,5-8,11-12H2,(H,26,27);1H/t17-;/m0./s1. The molecule has 1 saturated carbocycles. The maximum absolute atomic E-state index is 6.13. The molecular formula is C21H26Cl2N6. The summed E-state index contributed by atoms with van der Waals surface area (Å²) in [5, 5.41) is 16.0. The second kappa shape index (κ2) is 8.78. The highest BCUT2D eigenvalue weighted by atomic mass is 35.5. The fourth-order valence-electron chi connectivity index (χ4n) is 3.89. The number of aromatic nitrogens is 3. The average molecular weight is 433 g/mol. The molecule has 1 saturated heterocycles. The van der Waals surface area contributed by atoms with Gasteiger partial charge in [0.25, 0.3) is 0 Å². The molecular weight excluding hydrogens is 407 g/mol. The van der Waals surface area contributed by atoms with Crippen molar-refractivity contribution in [3.63, 3.8) is 0 Å². The molecule has 3 aromatic rings. The molecule has 29 heavy (non-hydrogen) atoms. The van der Waals surface area contributed by atoms with Crippen LogP contribution in [0.3, 0.4) is 0 Å². The van der Waals surface area contributed by atoms with Crippen LogP contribution in [0.4, 0.5) is 11.6 Å². The first kappa shape index (κ1) is 20.3. The molecule has 0 radical (unpaired) electrons. The van der Waals surface area contributed by atoms with Crippen LogP contribution in [0, 0.1) is 0 Å². The van der Waals surface area contributed by atoms with Gasteiger partial charge in [0.2, 0.25) is 0 Å². The summed E-state index contributed by atoms with van der Waals surface area (Å²) in [5.74, 6) is 2.47. The van der Waals surface area contributed by atoms with Gasteiger partial charge in [-0.15, -0.1) is 12.4 Å². The third-order valence-corrected chi connectivity index (χ3v) is 5.76. The van der Waals surface area contributed by atoms with E-state index in [-0.39, 0.29) is 12.4 Å². The summed E-state index contributed by atoms with van der Waals surface area (Å²) >= 11 is 6.13. The molecule has 0 spiro atoms. The molecule has 5 rings (SSSR count). The smallest absolute Gasteiger partial charge is 0.163 e. The van der Waals surface area contributed by atoms with E-state index < -0.39 is 0 Å². The SMILES string of the molecule is Cl.Clc1cccc(CNc2cc(N[C@H]3CCCNC3)nc3c(C4CC4)cnn23)c1. The predicted molar refractivity (Wildman–Crippen MR) is 121 cm³/mol. The van der Waals surface area contributed by atoms with E-state index in [1.807, 2.05) is 28.9 Å². The van der Waals surface area contributed by atoms with E-state index in [0.29, 0.717) is 18.5 Å². The van der Waals surface area contributed by atoms with Gasteiger partial charge in [0.1, 0.15) is 11.6 Å². The first-order valence-electron chi connectivity index (χ1n) is 10.1. The molecule has 0 unspecified atom stereocenters. The third kappa shape index (κ3) is 4.60. The zero-order valence-corrected chi connectivity index (χ0v) is 17.8. The molecule has 2 aromatic heterocycles. The molecule has 0 bridgehead atoms. The van der Waals surface area contributed by atoms with Crippen molar-refractivity contribution in [2.75, 3.05) is 23.7 Å². The van der Waals surface area contributed by atoms with Crippen LogP contribution in [0.15, 0.2) is 36.5 Å². The minimum absolute atomic E-state index is 0. The summed E-state index contributed by atoms with van der Waals surface area (Å²) in [6, 6.07) is 10.4. The van der Waals surface area contributed by atoms with Gasteiger partial charge in [-0.05, 0) is 55.8 Å². The zero-order chi connectivity index (χ0) is 18.9. The van der Waals surface area contributed by atoms with Gasteiger partial charge in [-0.25, -0.2) is 4.98 Å². The Morgan fingerprint density at radius 1 is 1.21 bits per heavy atom. The van der Waals surface area contributed by atoms with Gasteiger partial charge >= 0.3 is 0 Å². The highest BCUT2D eigenvalue weighted by Gasteiger charge is 2.28. The summed E-state index contributed by atoms with van der Waals surface area (Å²) in [6.07, 6.45) is 6.81. The highest BCUT2D eigenvalue weighted by Crippen LogP contribution is 2.42. The van der Waals surface area contributed by atoms with Crippen molar-refractivity contribution in [3.8, 4) is 0 Å². The number of rotatable bonds is 6. The Morgan fingerprint density at radius 2 is 2.10 bits per heavy atom. The van der Waals surface area contributed by atoms with E-state index in [0.717, 1.165) is 41.0 Å².